The van der Waals surface area contributed by atoms with Gasteiger partial charge < -0.3 is 5.32 Å². The van der Waals surface area contributed by atoms with Gasteiger partial charge in [0.05, 0.1) is 32.4 Å². The monoisotopic (exact) mass is 399 g/mol. The molecule has 4 rings (SSSR count). The van der Waals surface area contributed by atoms with Crippen molar-refractivity contribution in [3.8, 4) is 10.6 Å². The van der Waals surface area contributed by atoms with Crippen LogP contribution >= 0.6 is 34.3 Å². The molecule has 1 amide bonds. The van der Waals surface area contributed by atoms with Gasteiger partial charge >= 0.3 is 0 Å². The van der Waals surface area contributed by atoms with Crippen LogP contribution in [0.25, 0.3) is 20.8 Å². The van der Waals surface area contributed by atoms with Crippen LogP contribution in [0.4, 0.5) is 5.69 Å². The van der Waals surface area contributed by atoms with Crippen LogP contribution < -0.4 is 5.32 Å². The van der Waals surface area contributed by atoms with E-state index in [9.17, 15) is 4.79 Å². The maximum absolute atomic E-state index is 12.4. The Kier molecular flexibility index (Phi) is 4.72. The Labute approximate surface area is 163 Å². The highest BCUT2D eigenvalue weighted by Gasteiger charge is 2.12. The summed E-state index contributed by atoms with van der Waals surface area (Å²) in [6.45, 7) is 1.97. The molecule has 0 spiro atoms. The Morgan fingerprint density at radius 1 is 1.19 bits per heavy atom. The number of rotatable bonds is 4. The molecular formula is C19H14ClN3OS2. The topological polar surface area (TPSA) is 54.9 Å². The van der Waals surface area contributed by atoms with E-state index < -0.39 is 0 Å². The average molecular weight is 400 g/mol. The number of aryl methyl sites for hydroxylation is 1. The lowest BCUT2D eigenvalue weighted by molar-refractivity contribution is -0.115. The van der Waals surface area contributed by atoms with Gasteiger partial charge in [-0.15, -0.1) is 22.7 Å². The van der Waals surface area contributed by atoms with E-state index in [-0.39, 0.29) is 12.3 Å². The van der Waals surface area contributed by atoms with Gasteiger partial charge in [-0.25, -0.2) is 9.97 Å². The summed E-state index contributed by atoms with van der Waals surface area (Å²) in [5, 5.41) is 7.32. The van der Waals surface area contributed by atoms with Crippen molar-refractivity contribution in [1.29, 1.82) is 0 Å². The Morgan fingerprint density at radius 2 is 2.04 bits per heavy atom. The molecule has 0 aliphatic carbocycles. The van der Waals surface area contributed by atoms with Gasteiger partial charge in [0.15, 0.2) is 0 Å². The van der Waals surface area contributed by atoms with E-state index in [2.05, 4.69) is 15.3 Å². The molecule has 0 atom stereocenters. The van der Waals surface area contributed by atoms with Crippen molar-refractivity contribution in [3.63, 3.8) is 0 Å². The summed E-state index contributed by atoms with van der Waals surface area (Å²) in [4.78, 5) is 21.3. The lowest BCUT2D eigenvalue weighted by Gasteiger charge is -2.04. The first-order chi connectivity index (χ1) is 12.6. The number of fused-ring (bicyclic) bond motifs is 1. The Hall–Kier alpha value is -2.28. The van der Waals surface area contributed by atoms with E-state index in [1.807, 2.05) is 54.8 Å². The summed E-state index contributed by atoms with van der Waals surface area (Å²) in [5.41, 5.74) is 3.34. The predicted octanol–water partition coefficient (Wildman–Crippen LogP) is 5.56. The van der Waals surface area contributed by atoms with Gasteiger partial charge in [0.2, 0.25) is 5.91 Å². The van der Waals surface area contributed by atoms with Crippen molar-refractivity contribution in [1.82, 2.24) is 9.97 Å². The highest BCUT2D eigenvalue weighted by Crippen LogP contribution is 2.30. The zero-order chi connectivity index (χ0) is 18.1. The molecule has 1 N–H and O–H groups in total. The number of amides is 1. The van der Waals surface area contributed by atoms with Gasteiger partial charge in [-0.1, -0.05) is 29.8 Å². The maximum atomic E-state index is 12.4. The largest absolute Gasteiger partial charge is 0.326 e. The molecule has 0 aliphatic rings. The lowest BCUT2D eigenvalue weighted by atomic mass is 10.2. The highest BCUT2D eigenvalue weighted by molar-refractivity contribution is 7.18. The van der Waals surface area contributed by atoms with E-state index >= 15 is 0 Å². The van der Waals surface area contributed by atoms with Gasteiger partial charge in [-0.05, 0) is 31.2 Å². The van der Waals surface area contributed by atoms with Crippen LogP contribution in [-0.2, 0) is 11.2 Å². The van der Waals surface area contributed by atoms with Crippen molar-refractivity contribution in [3.05, 3.63) is 63.6 Å². The van der Waals surface area contributed by atoms with Gasteiger partial charge in [0.25, 0.3) is 0 Å². The maximum Gasteiger partial charge on any atom is 0.230 e. The molecule has 130 valence electrons. The highest BCUT2D eigenvalue weighted by atomic mass is 35.5. The second kappa shape index (κ2) is 7.15. The third kappa shape index (κ3) is 3.62. The molecule has 7 heteroatoms. The Balaban J connectivity index is 1.47. The standard InChI is InChI=1S/C19H14ClN3OS2/c1-11-21-16-7-6-12(8-17(16)26-11)22-18(24)9-13-10-25-19(23-13)14-4-2-3-5-15(14)20/h2-8,10H,9H2,1H3,(H,22,24). The summed E-state index contributed by atoms with van der Waals surface area (Å²) in [6, 6.07) is 13.3. The predicted molar refractivity (Wildman–Crippen MR) is 109 cm³/mol. The second-order valence-electron chi connectivity index (χ2n) is 5.76. The number of thiazole rings is 2. The van der Waals surface area contributed by atoms with Crippen molar-refractivity contribution < 1.29 is 4.79 Å². The van der Waals surface area contributed by atoms with Crippen molar-refractivity contribution in [2.24, 2.45) is 0 Å². The number of nitrogens with one attached hydrogen (secondary N) is 1. The first-order valence-corrected chi connectivity index (χ1v) is 10.0. The van der Waals surface area contributed by atoms with E-state index in [0.717, 1.165) is 37.2 Å². The number of anilines is 1. The molecule has 2 heterocycles. The Morgan fingerprint density at radius 3 is 2.88 bits per heavy atom. The zero-order valence-electron chi connectivity index (χ0n) is 13.8. The number of carbonyl (C=O) groups excluding carboxylic acids is 1. The normalized spacial score (nSPS) is 11.0. The van der Waals surface area contributed by atoms with Gasteiger partial charge in [0, 0.05) is 16.6 Å². The smallest absolute Gasteiger partial charge is 0.230 e. The second-order valence-corrected chi connectivity index (χ2v) is 8.26. The van der Waals surface area contributed by atoms with Crippen LogP contribution in [0.5, 0.6) is 0 Å². The molecular weight excluding hydrogens is 386 g/mol. The van der Waals surface area contributed by atoms with E-state index in [0.29, 0.717) is 5.02 Å². The summed E-state index contributed by atoms with van der Waals surface area (Å²) in [7, 11) is 0. The zero-order valence-corrected chi connectivity index (χ0v) is 16.2. The summed E-state index contributed by atoms with van der Waals surface area (Å²) >= 11 is 9.32. The number of hydrogen-bond donors (Lipinski definition) is 1. The third-order valence-corrected chi connectivity index (χ3v) is 5.96. The third-order valence-electron chi connectivity index (χ3n) is 3.78. The number of nitrogens with zero attached hydrogens (tertiary/aromatic N) is 2. The summed E-state index contributed by atoms with van der Waals surface area (Å²) in [6.07, 6.45) is 0.223. The Bertz CT molecular complexity index is 1100. The van der Waals surface area contributed by atoms with Crippen LogP contribution in [0.15, 0.2) is 47.8 Å². The molecule has 4 aromatic rings. The molecule has 2 aromatic carbocycles. The number of hydrogen-bond acceptors (Lipinski definition) is 5. The van der Waals surface area contributed by atoms with Crippen LogP contribution in [0, 0.1) is 6.92 Å². The van der Waals surface area contributed by atoms with Crippen molar-refractivity contribution in [2.75, 3.05) is 5.32 Å². The molecule has 0 saturated heterocycles. The van der Waals surface area contributed by atoms with Gasteiger partial charge in [-0.2, -0.15) is 0 Å². The molecule has 0 saturated carbocycles. The molecule has 2 aromatic heterocycles. The lowest BCUT2D eigenvalue weighted by Crippen LogP contribution is -2.14. The fourth-order valence-electron chi connectivity index (χ4n) is 2.63. The summed E-state index contributed by atoms with van der Waals surface area (Å²) in [5.74, 6) is -0.0957. The fraction of sp³-hybridized carbons (Fsp3) is 0.105. The minimum atomic E-state index is -0.0957. The summed E-state index contributed by atoms with van der Waals surface area (Å²) < 4.78 is 1.06. The molecule has 26 heavy (non-hydrogen) atoms. The quantitative estimate of drug-likeness (QED) is 0.488. The molecule has 0 unspecified atom stereocenters. The number of carbonyl (C=O) groups is 1. The molecule has 0 radical (unpaired) electrons. The van der Waals surface area contributed by atoms with E-state index in [1.54, 1.807) is 11.3 Å². The van der Waals surface area contributed by atoms with Gasteiger partial charge in [-0.3, -0.25) is 4.79 Å². The molecule has 0 bridgehead atoms. The van der Waals surface area contributed by atoms with Crippen LogP contribution in [0.3, 0.4) is 0 Å². The van der Waals surface area contributed by atoms with E-state index in [1.165, 1.54) is 11.3 Å². The minimum Gasteiger partial charge on any atom is -0.326 e. The van der Waals surface area contributed by atoms with Crippen molar-refractivity contribution >= 4 is 56.1 Å². The SMILES string of the molecule is Cc1nc2ccc(NC(=O)Cc3csc(-c4ccccc4Cl)n3)cc2s1. The van der Waals surface area contributed by atoms with E-state index in [4.69, 9.17) is 11.6 Å². The van der Waals surface area contributed by atoms with Gasteiger partial charge in [0.1, 0.15) is 5.01 Å². The average Bonchev–Trinajstić information content (AvgIpc) is 3.20. The van der Waals surface area contributed by atoms with Crippen LogP contribution in [0.2, 0.25) is 5.02 Å². The fourth-order valence-corrected chi connectivity index (χ4v) is 4.64. The molecule has 0 aliphatic heterocycles. The molecule has 0 fully saturated rings. The molecule has 4 nitrogen and oxygen atoms in total. The first-order valence-electron chi connectivity index (χ1n) is 7.95. The number of benzene rings is 2. The minimum absolute atomic E-state index is 0.0957. The number of halogens is 1. The van der Waals surface area contributed by atoms with Crippen LogP contribution in [0.1, 0.15) is 10.7 Å². The van der Waals surface area contributed by atoms with Crippen molar-refractivity contribution in [2.45, 2.75) is 13.3 Å². The van der Waals surface area contributed by atoms with Crippen LogP contribution in [-0.4, -0.2) is 15.9 Å². The first kappa shape index (κ1) is 17.1. The number of aromatic nitrogens is 2.